The Bertz CT molecular complexity index is 1350. The number of sulfonamides is 1. The molecule has 0 aromatic heterocycles. The van der Waals surface area contributed by atoms with Crippen molar-refractivity contribution in [3.05, 3.63) is 87.9 Å². The van der Waals surface area contributed by atoms with E-state index in [0.29, 0.717) is 33.1 Å². The molecule has 0 aliphatic heterocycles. The number of hydrogen-bond donors (Lipinski definition) is 1. The standard InChI is InChI=1S/C26H27ClN2O5S/c1-5-34-26(31)22-7-6-8-23(19(22)4)28-25(30)16-29(24-15-20(27)12-11-18(24)3)35(32,33)21-13-9-17(2)10-14-21/h6-15H,5,16H2,1-4H3,(H,28,30). The number of hydrogen-bond acceptors (Lipinski definition) is 5. The van der Waals surface area contributed by atoms with Crippen molar-refractivity contribution < 1.29 is 22.7 Å². The van der Waals surface area contributed by atoms with Crippen LogP contribution in [0, 0.1) is 20.8 Å². The predicted octanol–water partition coefficient (Wildman–Crippen LogP) is 5.28. The van der Waals surface area contributed by atoms with E-state index in [1.54, 1.807) is 63.2 Å². The second-order valence-corrected chi connectivity index (χ2v) is 10.3. The molecule has 0 bridgehead atoms. The molecule has 0 saturated heterocycles. The van der Waals surface area contributed by atoms with Gasteiger partial charge in [-0.25, -0.2) is 13.2 Å². The zero-order valence-corrected chi connectivity index (χ0v) is 21.5. The summed E-state index contributed by atoms with van der Waals surface area (Å²) in [5.74, 6) is -1.08. The van der Waals surface area contributed by atoms with E-state index in [2.05, 4.69) is 5.32 Å². The van der Waals surface area contributed by atoms with E-state index in [1.165, 1.54) is 18.2 Å². The van der Waals surface area contributed by atoms with Crippen molar-refractivity contribution in [2.75, 3.05) is 22.8 Å². The summed E-state index contributed by atoms with van der Waals surface area (Å²) in [5.41, 5.74) is 3.06. The quantitative estimate of drug-likeness (QED) is 0.413. The van der Waals surface area contributed by atoms with Gasteiger partial charge in [-0.3, -0.25) is 9.10 Å². The molecular weight excluding hydrogens is 488 g/mol. The number of carbonyl (C=O) groups is 2. The van der Waals surface area contributed by atoms with Crippen LogP contribution in [0.25, 0.3) is 0 Å². The summed E-state index contributed by atoms with van der Waals surface area (Å²) < 4.78 is 33.3. The van der Waals surface area contributed by atoms with Crippen LogP contribution in [-0.2, 0) is 19.6 Å². The first-order chi connectivity index (χ1) is 16.5. The van der Waals surface area contributed by atoms with E-state index < -0.39 is 28.4 Å². The average molecular weight is 515 g/mol. The van der Waals surface area contributed by atoms with Gasteiger partial charge in [-0.1, -0.05) is 41.4 Å². The number of aryl methyl sites for hydroxylation is 2. The SMILES string of the molecule is CCOC(=O)c1cccc(NC(=O)CN(c2cc(Cl)ccc2C)S(=O)(=O)c2ccc(C)cc2)c1C. The Morgan fingerprint density at radius 2 is 1.69 bits per heavy atom. The van der Waals surface area contributed by atoms with Crippen LogP contribution >= 0.6 is 11.6 Å². The molecule has 9 heteroatoms. The molecule has 0 aliphatic carbocycles. The maximum atomic E-state index is 13.6. The van der Waals surface area contributed by atoms with Gasteiger partial charge in [0.1, 0.15) is 6.54 Å². The third-order valence-corrected chi connectivity index (χ3v) is 7.45. The van der Waals surface area contributed by atoms with Gasteiger partial charge in [-0.2, -0.15) is 0 Å². The number of benzene rings is 3. The summed E-state index contributed by atoms with van der Waals surface area (Å²) in [4.78, 5) is 25.4. The van der Waals surface area contributed by atoms with Crippen LogP contribution in [0.1, 0.15) is 34.0 Å². The lowest BCUT2D eigenvalue weighted by Gasteiger charge is -2.26. The molecule has 0 fully saturated rings. The second kappa shape index (κ2) is 10.9. The molecule has 7 nitrogen and oxygen atoms in total. The minimum absolute atomic E-state index is 0.0516. The molecule has 1 N–H and O–H groups in total. The van der Waals surface area contributed by atoms with Gasteiger partial charge < -0.3 is 10.1 Å². The Balaban J connectivity index is 1.98. The fourth-order valence-electron chi connectivity index (χ4n) is 3.51. The Hall–Kier alpha value is -3.36. The van der Waals surface area contributed by atoms with Gasteiger partial charge in [0.05, 0.1) is 22.8 Å². The van der Waals surface area contributed by atoms with Crippen LogP contribution in [-0.4, -0.2) is 33.4 Å². The maximum absolute atomic E-state index is 13.6. The van der Waals surface area contributed by atoms with Crippen molar-refractivity contribution in [2.24, 2.45) is 0 Å². The van der Waals surface area contributed by atoms with Crippen LogP contribution in [0.5, 0.6) is 0 Å². The normalized spacial score (nSPS) is 11.1. The van der Waals surface area contributed by atoms with E-state index in [9.17, 15) is 18.0 Å². The number of anilines is 2. The minimum Gasteiger partial charge on any atom is -0.462 e. The molecule has 1 amide bonds. The maximum Gasteiger partial charge on any atom is 0.338 e. The van der Waals surface area contributed by atoms with Gasteiger partial charge in [0.15, 0.2) is 0 Å². The Morgan fingerprint density at radius 1 is 1.00 bits per heavy atom. The van der Waals surface area contributed by atoms with E-state index in [4.69, 9.17) is 16.3 Å². The number of rotatable bonds is 8. The highest BCUT2D eigenvalue weighted by atomic mass is 35.5. The Labute approximate surface area is 210 Å². The summed E-state index contributed by atoms with van der Waals surface area (Å²) >= 11 is 6.17. The van der Waals surface area contributed by atoms with Gasteiger partial charge in [-0.05, 0) is 75.2 Å². The number of nitrogens with zero attached hydrogens (tertiary/aromatic N) is 1. The largest absolute Gasteiger partial charge is 0.462 e. The average Bonchev–Trinajstić information content (AvgIpc) is 2.81. The second-order valence-electron chi connectivity index (χ2n) is 8.00. The van der Waals surface area contributed by atoms with Gasteiger partial charge in [0.2, 0.25) is 5.91 Å². The first-order valence-electron chi connectivity index (χ1n) is 11.0. The minimum atomic E-state index is -4.10. The van der Waals surface area contributed by atoms with E-state index in [1.807, 2.05) is 6.92 Å². The van der Waals surface area contributed by atoms with Crippen LogP contribution in [0.2, 0.25) is 5.02 Å². The zero-order valence-electron chi connectivity index (χ0n) is 20.0. The first kappa shape index (κ1) is 26.2. The summed E-state index contributed by atoms with van der Waals surface area (Å²) in [7, 11) is -4.10. The van der Waals surface area contributed by atoms with Crippen molar-refractivity contribution in [1.29, 1.82) is 0 Å². The fourth-order valence-corrected chi connectivity index (χ4v) is 5.15. The number of ether oxygens (including phenoxy) is 1. The molecule has 0 radical (unpaired) electrons. The molecule has 0 spiro atoms. The van der Waals surface area contributed by atoms with Crippen molar-refractivity contribution in [3.63, 3.8) is 0 Å². The molecule has 3 aromatic carbocycles. The van der Waals surface area contributed by atoms with Crippen LogP contribution in [0.3, 0.4) is 0 Å². The van der Waals surface area contributed by atoms with Crippen molar-refractivity contribution >= 4 is 44.9 Å². The van der Waals surface area contributed by atoms with Gasteiger partial charge >= 0.3 is 5.97 Å². The molecule has 184 valence electrons. The Kier molecular flexibility index (Phi) is 8.19. The molecule has 35 heavy (non-hydrogen) atoms. The Morgan fingerprint density at radius 3 is 2.34 bits per heavy atom. The number of halogens is 1. The monoisotopic (exact) mass is 514 g/mol. The lowest BCUT2D eigenvalue weighted by atomic mass is 10.1. The van der Waals surface area contributed by atoms with Crippen LogP contribution in [0.15, 0.2) is 65.6 Å². The fraction of sp³-hybridized carbons (Fsp3) is 0.231. The summed E-state index contributed by atoms with van der Waals surface area (Å²) in [5, 5.41) is 3.07. The van der Waals surface area contributed by atoms with Gasteiger partial charge in [0.25, 0.3) is 10.0 Å². The molecule has 3 aromatic rings. The highest BCUT2D eigenvalue weighted by Crippen LogP contribution is 2.30. The smallest absolute Gasteiger partial charge is 0.338 e. The highest BCUT2D eigenvalue weighted by molar-refractivity contribution is 7.92. The molecule has 0 unspecified atom stereocenters. The summed E-state index contributed by atoms with van der Waals surface area (Å²) in [6.07, 6.45) is 0. The number of esters is 1. The number of carbonyl (C=O) groups excluding carboxylic acids is 2. The predicted molar refractivity (Wildman–Crippen MR) is 138 cm³/mol. The molecule has 0 atom stereocenters. The number of amides is 1. The highest BCUT2D eigenvalue weighted by Gasteiger charge is 2.29. The third kappa shape index (κ3) is 6.01. The zero-order chi connectivity index (χ0) is 25.8. The van der Waals surface area contributed by atoms with Gasteiger partial charge in [0, 0.05) is 10.7 Å². The van der Waals surface area contributed by atoms with E-state index in [-0.39, 0.29) is 11.5 Å². The number of nitrogens with one attached hydrogen (secondary N) is 1. The molecule has 3 rings (SSSR count). The van der Waals surface area contributed by atoms with E-state index >= 15 is 0 Å². The van der Waals surface area contributed by atoms with E-state index in [0.717, 1.165) is 9.87 Å². The topological polar surface area (TPSA) is 92.8 Å². The molecule has 0 heterocycles. The summed E-state index contributed by atoms with van der Waals surface area (Å²) in [6, 6.07) is 16.1. The van der Waals surface area contributed by atoms with Crippen molar-refractivity contribution in [1.82, 2.24) is 0 Å². The van der Waals surface area contributed by atoms with Crippen LogP contribution in [0.4, 0.5) is 11.4 Å². The third-order valence-electron chi connectivity index (χ3n) is 5.44. The van der Waals surface area contributed by atoms with Gasteiger partial charge in [-0.15, -0.1) is 0 Å². The molecule has 0 saturated carbocycles. The van der Waals surface area contributed by atoms with Crippen molar-refractivity contribution in [3.8, 4) is 0 Å². The van der Waals surface area contributed by atoms with Crippen LogP contribution < -0.4 is 9.62 Å². The first-order valence-corrected chi connectivity index (χ1v) is 12.8. The molecular formula is C26H27ClN2O5S. The summed E-state index contributed by atoms with van der Waals surface area (Å²) in [6.45, 7) is 6.72. The lowest BCUT2D eigenvalue weighted by molar-refractivity contribution is -0.114. The van der Waals surface area contributed by atoms with Crippen molar-refractivity contribution in [2.45, 2.75) is 32.6 Å². The molecule has 0 aliphatic rings. The lowest BCUT2D eigenvalue weighted by Crippen LogP contribution is -2.38.